The predicted octanol–water partition coefficient (Wildman–Crippen LogP) is 4.05. The molecule has 0 bridgehead atoms. The molecule has 6 N–H and O–H groups in total. The van der Waals surface area contributed by atoms with Crippen LogP contribution in [0.1, 0.15) is 124 Å². The number of rotatable bonds is 19. The monoisotopic (exact) mass is 1090 g/mol. The highest BCUT2D eigenvalue weighted by molar-refractivity contribution is 5.92. The molecule has 21 nitrogen and oxygen atoms in total. The van der Waals surface area contributed by atoms with Crippen LogP contribution in [0.15, 0.2) is 29.2 Å². The summed E-state index contributed by atoms with van der Waals surface area (Å²) in [5.41, 5.74) is -4.10. The number of pyridine rings is 1. The van der Waals surface area contributed by atoms with Crippen molar-refractivity contribution in [1.29, 1.82) is 0 Å². The standard InChI is InChI=1S/C56H91N3O18/c1-15-42-56(10,68)48(63)35(6)59(13)30-31(2)27-54(8,67)49(77-53-46(62)41(58(11)12)25-32(3)72-53)33(4)47(34(5)52(66)74-42)76-44-28-55(9,69-14)50(36(7)73-44)75-43(60)20-22-71-24-23-70-21-16-17-37-18-19-40-38(26-37)45(61)39(29-57-40)51(64)65/h18-19,26,29,31-36,41-42,44,46-50,53,62-63,67-68H,15-17,20-25,27-28,30H2,1-14H3,(H,57,61)(H,64,65)/t31-,32-,33+,34-,35-,36+,41+,42-,44+,46-,47+,48-,49-,50+,53+,54-,55-,56-/m1/s1. The summed E-state index contributed by atoms with van der Waals surface area (Å²) in [6.07, 6.45) is -6.76. The van der Waals surface area contributed by atoms with Crippen LogP contribution in [0.4, 0.5) is 0 Å². The second kappa shape index (κ2) is 27.7. The van der Waals surface area contributed by atoms with E-state index in [1.165, 1.54) is 20.2 Å². The number of carboxylic acids is 1. The molecule has 3 aliphatic heterocycles. The Labute approximate surface area is 454 Å². The molecule has 3 fully saturated rings. The Morgan fingerprint density at radius 3 is 2.23 bits per heavy atom. The largest absolute Gasteiger partial charge is 0.477 e. The Balaban J connectivity index is 1.27. The number of aliphatic hydroxyl groups is 4. The van der Waals surface area contributed by atoms with Crippen LogP contribution in [-0.2, 0) is 58.6 Å². The quantitative estimate of drug-likeness (QED) is 0.0855. The van der Waals surface area contributed by atoms with Gasteiger partial charge in [0.05, 0.1) is 62.2 Å². The summed E-state index contributed by atoms with van der Waals surface area (Å²) in [4.78, 5) is 58.6. The summed E-state index contributed by atoms with van der Waals surface area (Å²) in [5.74, 6) is -4.72. The fourth-order valence-corrected chi connectivity index (χ4v) is 11.6. The van der Waals surface area contributed by atoms with Gasteiger partial charge in [0.1, 0.15) is 35.1 Å². The van der Waals surface area contributed by atoms with Crippen LogP contribution < -0.4 is 5.43 Å². The predicted molar refractivity (Wildman–Crippen MR) is 284 cm³/mol. The van der Waals surface area contributed by atoms with Gasteiger partial charge in [0.2, 0.25) is 5.43 Å². The third-order valence-corrected chi connectivity index (χ3v) is 16.2. The molecule has 3 saturated heterocycles. The maximum absolute atomic E-state index is 14.6. The van der Waals surface area contributed by atoms with E-state index >= 15 is 0 Å². The third-order valence-electron chi connectivity index (χ3n) is 16.2. The first kappa shape index (κ1) is 64.1. The Morgan fingerprint density at radius 1 is 0.922 bits per heavy atom. The summed E-state index contributed by atoms with van der Waals surface area (Å²) in [5, 5.41) is 57.7. The average molecular weight is 1090 g/mol. The molecule has 0 unspecified atom stereocenters. The zero-order valence-electron chi connectivity index (χ0n) is 47.9. The highest BCUT2D eigenvalue weighted by atomic mass is 16.7. The number of carbonyl (C=O) groups excluding carboxylic acids is 2. The van der Waals surface area contributed by atoms with Crippen molar-refractivity contribution in [2.45, 2.75) is 204 Å². The van der Waals surface area contributed by atoms with Crippen molar-refractivity contribution in [1.82, 2.24) is 14.8 Å². The number of nitrogens with zero attached hydrogens (tertiary/aromatic N) is 2. The number of aryl methyl sites for hydroxylation is 1. The summed E-state index contributed by atoms with van der Waals surface area (Å²) < 4.78 is 56.1. The average Bonchev–Trinajstić information content (AvgIpc) is 3.36. The number of benzene rings is 1. The molecule has 0 amide bonds. The minimum Gasteiger partial charge on any atom is -0.477 e. The third kappa shape index (κ3) is 16.0. The molecule has 0 spiro atoms. The number of ether oxygens (including phenoxy) is 9. The van der Waals surface area contributed by atoms with E-state index in [9.17, 15) is 44.7 Å². The van der Waals surface area contributed by atoms with Crippen molar-refractivity contribution in [3.05, 3.63) is 45.7 Å². The molecule has 4 heterocycles. The van der Waals surface area contributed by atoms with Gasteiger partial charge in [0.25, 0.3) is 0 Å². The number of esters is 2. The van der Waals surface area contributed by atoms with Crippen LogP contribution in [0.3, 0.4) is 0 Å². The Kier molecular flexibility index (Phi) is 23.0. The van der Waals surface area contributed by atoms with Crippen molar-refractivity contribution in [2.75, 3.05) is 61.2 Å². The summed E-state index contributed by atoms with van der Waals surface area (Å²) in [6, 6.07) is 4.40. The first-order valence-corrected chi connectivity index (χ1v) is 27.3. The maximum Gasteiger partial charge on any atom is 0.341 e. The SMILES string of the molecule is CC[C@H]1OC(=O)[C@H](C)[C@@H](O[C@H]2C[C@@](C)(OC)[C@@H](OC(=O)CCOCCOCCCc3ccc4[nH]cc(C(=O)O)c(=O)c4c3)[C@H](C)O2)[C@H](C)[C@@H](O[C@@H]2O[C@H](C)C[C@H](N(C)C)[C@H]2O)[C@](C)(O)C[C@@H](C)CN(C)[C@H](C)[C@@H](O)[C@]1(C)O. The van der Waals surface area contributed by atoms with E-state index in [4.69, 9.17) is 42.6 Å². The van der Waals surface area contributed by atoms with E-state index in [-0.39, 0.29) is 69.1 Å². The summed E-state index contributed by atoms with van der Waals surface area (Å²) >= 11 is 0. The van der Waals surface area contributed by atoms with Crippen LogP contribution >= 0.6 is 0 Å². The van der Waals surface area contributed by atoms with Gasteiger partial charge in [-0.25, -0.2) is 4.79 Å². The van der Waals surface area contributed by atoms with Crippen LogP contribution in [0.25, 0.3) is 10.9 Å². The second-order valence-corrected chi connectivity index (χ2v) is 22.9. The summed E-state index contributed by atoms with van der Waals surface area (Å²) in [7, 11) is 7.06. The first-order valence-electron chi connectivity index (χ1n) is 27.3. The van der Waals surface area contributed by atoms with E-state index in [0.717, 1.165) is 5.56 Å². The fraction of sp³-hybridized carbons (Fsp3) is 0.786. The number of nitrogens with one attached hydrogen (secondary N) is 1. The van der Waals surface area contributed by atoms with Crippen LogP contribution in [0.2, 0.25) is 0 Å². The van der Waals surface area contributed by atoms with Gasteiger partial charge in [-0.1, -0.05) is 26.8 Å². The molecule has 3 aliphatic rings. The van der Waals surface area contributed by atoms with Crippen molar-refractivity contribution >= 4 is 28.8 Å². The number of aliphatic hydroxyl groups excluding tert-OH is 2. The number of methoxy groups -OCH3 is 1. The van der Waals surface area contributed by atoms with Gasteiger partial charge in [-0.05, 0) is 125 Å². The normalized spacial score (nSPS) is 37.2. The Hall–Kier alpha value is -3.68. The molecule has 0 saturated carbocycles. The van der Waals surface area contributed by atoms with Gasteiger partial charge in [0, 0.05) is 61.8 Å². The van der Waals surface area contributed by atoms with E-state index in [1.54, 1.807) is 60.6 Å². The number of hydrogen-bond donors (Lipinski definition) is 6. The number of aromatic carboxylic acids is 1. The number of cyclic esters (lactones) is 1. The lowest BCUT2D eigenvalue weighted by atomic mass is 9.77. The number of hydrogen-bond acceptors (Lipinski definition) is 19. The lowest BCUT2D eigenvalue weighted by Gasteiger charge is -2.49. The van der Waals surface area contributed by atoms with E-state index in [1.807, 2.05) is 50.9 Å². The Morgan fingerprint density at radius 2 is 1.60 bits per heavy atom. The minimum atomic E-state index is -1.86. The number of carboxylic acid groups (broad SMARTS) is 1. The molecular weight excluding hydrogens is 1000 g/mol. The molecule has 77 heavy (non-hydrogen) atoms. The minimum absolute atomic E-state index is 0.0313. The highest BCUT2D eigenvalue weighted by Crippen LogP contribution is 2.41. The lowest BCUT2D eigenvalue weighted by Crippen LogP contribution is -2.61. The number of carbonyl (C=O) groups is 3. The molecule has 1 aromatic heterocycles. The van der Waals surface area contributed by atoms with Gasteiger partial charge in [-0.15, -0.1) is 0 Å². The molecule has 21 heteroatoms. The smallest absolute Gasteiger partial charge is 0.341 e. The zero-order chi connectivity index (χ0) is 57.3. The van der Waals surface area contributed by atoms with Crippen molar-refractivity contribution in [3.63, 3.8) is 0 Å². The number of aromatic nitrogens is 1. The van der Waals surface area contributed by atoms with Gasteiger partial charge >= 0.3 is 17.9 Å². The molecule has 2 aromatic rings. The van der Waals surface area contributed by atoms with Crippen molar-refractivity contribution < 1.29 is 82.5 Å². The molecule has 438 valence electrons. The fourth-order valence-electron chi connectivity index (χ4n) is 11.6. The second-order valence-electron chi connectivity index (χ2n) is 22.9. The van der Waals surface area contributed by atoms with Crippen molar-refractivity contribution in [3.8, 4) is 0 Å². The zero-order valence-corrected chi connectivity index (χ0v) is 47.9. The number of fused-ring (bicyclic) bond motifs is 1. The van der Waals surface area contributed by atoms with E-state index in [2.05, 4.69) is 4.98 Å². The highest BCUT2D eigenvalue weighted by Gasteiger charge is 2.54. The van der Waals surface area contributed by atoms with Gasteiger partial charge < -0.3 is 82.9 Å². The van der Waals surface area contributed by atoms with Crippen molar-refractivity contribution in [2.24, 2.45) is 17.8 Å². The van der Waals surface area contributed by atoms with E-state index < -0.39 is 113 Å². The molecule has 1 aromatic carbocycles. The number of H-pyrrole nitrogens is 1. The lowest BCUT2D eigenvalue weighted by molar-refractivity contribution is -0.318. The Bertz CT molecular complexity index is 2300. The number of likely N-dealkylation sites (N-methyl/N-ethyl adjacent to an activating group) is 2. The summed E-state index contributed by atoms with van der Waals surface area (Å²) in [6.45, 7) is 18.8. The first-order chi connectivity index (χ1) is 36.1. The molecule has 18 atom stereocenters. The van der Waals surface area contributed by atoms with Gasteiger partial charge in [-0.2, -0.15) is 0 Å². The van der Waals surface area contributed by atoms with Gasteiger partial charge in [0.15, 0.2) is 18.7 Å². The molecular formula is C56H91N3O18. The van der Waals surface area contributed by atoms with Crippen LogP contribution in [-0.4, -0.2) is 210 Å². The van der Waals surface area contributed by atoms with Crippen LogP contribution in [0.5, 0.6) is 0 Å². The molecule has 5 rings (SSSR count). The number of aromatic amines is 1. The topological polar surface area (TPSA) is 275 Å². The van der Waals surface area contributed by atoms with E-state index in [0.29, 0.717) is 43.3 Å². The maximum atomic E-state index is 14.6. The molecule has 0 aliphatic carbocycles. The van der Waals surface area contributed by atoms with Gasteiger partial charge in [-0.3, -0.25) is 14.4 Å². The molecule has 0 radical (unpaired) electrons. The van der Waals surface area contributed by atoms with Crippen LogP contribution in [0, 0.1) is 17.8 Å².